The van der Waals surface area contributed by atoms with Crippen LogP contribution >= 0.6 is 0 Å². The predicted octanol–water partition coefficient (Wildman–Crippen LogP) is 3.17. The predicted molar refractivity (Wildman–Crippen MR) is 76.8 cm³/mol. The van der Waals surface area contributed by atoms with Gasteiger partial charge in [-0.2, -0.15) is 0 Å². The minimum Gasteiger partial charge on any atom is -0.314 e. The Labute approximate surface area is 113 Å². The smallest absolute Gasteiger partial charge is 0.00953 e. The molecule has 1 heterocycles. The molecule has 2 aliphatic carbocycles. The molecule has 2 saturated carbocycles. The van der Waals surface area contributed by atoms with E-state index < -0.39 is 0 Å². The van der Waals surface area contributed by atoms with E-state index in [-0.39, 0.29) is 0 Å². The van der Waals surface area contributed by atoms with Gasteiger partial charge < -0.3 is 10.2 Å². The summed E-state index contributed by atoms with van der Waals surface area (Å²) in [6, 6.07) is 1.82. The molecule has 0 bridgehead atoms. The van der Waals surface area contributed by atoms with Gasteiger partial charge in [-0.15, -0.1) is 0 Å². The zero-order valence-electron chi connectivity index (χ0n) is 11.9. The second kappa shape index (κ2) is 6.38. The normalized spacial score (nSPS) is 32.3. The van der Waals surface area contributed by atoms with Gasteiger partial charge >= 0.3 is 0 Å². The van der Waals surface area contributed by atoms with Gasteiger partial charge in [0, 0.05) is 18.6 Å². The summed E-state index contributed by atoms with van der Waals surface area (Å²) in [7, 11) is 0. The van der Waals surface area contributed by atoms with Crippen molar-refractivity contribution in [1.29, 1.82) is 0 Å². The van der Waals surface area contributed by atoms with Crippen molar-refractivity contribution in [2.75, 3.05) is 19.6 Å². The summed E-state index contributed by atoms with van der Waals surface area (Å²) in [6.07, 6.45) is 14.7. The summed E-state index contributed by atoms with van der Waals surface area (Å²) in [6.45, 7) is 4.04. The zero-order chi connectivity index (χ0) is 12.2. The Morgan fingerprint density at radius 2 is 1.56 bits per heavy atom. The van der Waals surface area contributed by atoms with Crippen LogP contribution in [-0.2, 0) is 0 Å². The minimum atomic E-state index is 0.889. The first-order valence-corrected chi connectivity index (χ1v) is 8.39. The van der Waals surface area contributed by atoms with Crippen LogP contribution in [0.4, 0.5) is 0 Å². The van der Waals surface area contributed by atoms with E-state index in [0.717, 1.165) is 18.0 Å². The van der Waals surface area contributed by atoms with E-state index in [1.54, 1.807) is 0 Å². The van der Waals surface area contributed by atoms with E-state index in [0.29, 0.717) is 0 Å². The van der Waals surface area contributed by atoms with Crippen molar-refractivity contribution in [2.24, 2.45) is 5.92 Å². The highest BCUT2D eigenvalue weighted by Gasteiger charge is 2.29. The highest BCUT2D eigenvalue weighted by Crippen LogP contribution is 2.27. The Kier molecular flexibility index (Phi) is 4.58. The van der Waals surface area contributed by atoms with Gasteiger partial charge in [0.15, 0.2) is 0 Å². The molecule has 0 spiro atoms. The summed E-state index contributed by atoms with van der Waals surface area (Å²) in [4.78, 5) is 2.82. The van der Waals surface area contributed by atoms with Crippen LogP contribution in [0.2, 0.25) is 0 Å². The van der Waals surface area contributed by atoms with Gasteiger partial charge in [0.25, 0.3) is 0 Å². The molecule has 3 fully saturated rings. The number of hydrogen-bond acceptors (Lipinski definition) is 2. The number of nitrogens with one attached hydrogen (secondary N) is 1. The fourth-order valence-electron chi connectivity index (χ4n) is 3.78. The standard InChI is InChI=1S/C16H30N2/c1-2-4-6-16(7-5-3-1)18-11-10-14(13-18)12-17-15-8-9-15/h14-17H,1-13H2. The van der Waals surface area contributed by atoms with E-state index in [1.165, 1.54) is 83.8 Å². The van der Waals surface area contributed by atoms with Gasteiger partial charge in [-0.3, -0.25) is 0 Å². The largest absolute Gasteiger partial charge is 0.314 e. The van der Waals surface area contributed by atoms with E-state index in [4.69, 9.17) is 0 Å². The molecule has 1 atom stereocenters. The molecule has 3 aliphatic rings. The maximum Gasteiger partial charge on any atom is 0.00953 e. The van der Waals surface area contributed by atoms with Crippen LogP contribution in [0, 0.1) is 5.92 Å². The van der Waals surface area contributed by atoms with Crippen molar-refractivity contribution in [3.05, 3.63) is 0 Å². The maximum absolute atomic E-state index is 3.72. The van der Waals surface area contributed by atoms with Gasteiger partial charge in [-0.05, 0) is 51.1 Å². The SMILES string of the molecule is C1CCCC(N2CCC(CNC3CC3)C2)CCC1. The Balaban J connectivity index is 1.41. The lowest BCUT2D eigenvalue weighted by molar-refractivity contribution is 0.196. The second-order valence-electron chi connectivity index (χ2n) is 6.83. The Hall–Kier alpha value is -0.0800. The number of nitrogens with zero attached hydrogens (tertiary/aromatic N) is 1. The molecule has 2 heteroatoms. The lowest BCUT2D eigenvalue weighted by Crippen LogP contribution is -2.35. The van der Waals surface area contributed by atoms with E-state index in [2.05, 4.69) is 10.2 Å². The summed E-state index contributed by atoms with van der Waals surface area (Å²) >= 11 is 0. The summed E-state index contributed by atoms with van der Waals surface area (Å²) in [5.41, 5.74) is 0. The molecule has 0 aromatic rings. The third-order valence-corrected chi connectivity index (χ3v) is 5.18. The first kappa shape index (κ1) is 12.9. The Morgan fingerprint density at radius 1 is 0.833 bits per heavy atom. The van der Waals surface area contributed by atoms with Crippen molar-refractivity contribution in [3.63, 3.8) is 0 Å². The van der Waals surface area contributed by atoms with Crippen LogP contribution in [0.5, 0.6) is 0 Å². The van der Waals surface area contributed by atoms with Crippen molar-refractivity contribution < 1.29 is 0 Å². The van der Waals surface area contributed by atoms with Crippen LogP contribution in [0.15, 0.2) is 0 Å². The van der Waals surface area contributed by atoms with Gasteiger partial charge in [-0.25, -0.2) is 0 Å². The highest BCUT2D eigenvalue weighted by atomic mass is 15.2. The van der Waals surface area contributed by atoms with E-state index >= 15 is 0 Å². The monoisotopic (exact) mass is 250 g/mol. The Morgan fingerprint density at radius 3 is 2.28 bits per heavy atom. The average Bonchev–Trinajstić information content (AvgIpc) is 3.05. The topological polar surface area (TPSA) is 15.3 Å². The molecule has 1 unspecified atom stereocenters. The molecule has 1 N–H and O–H groups in total. The number of hydrogen-bond donors (Lipinski definition) is 1. The fourth-order valence-corrected chi connectivity index (χ4v) is 3.78. The number of rotatable bonds is 4. The van der Waals surface area contributed by atoms with Gasteiger partial charge in [0.2, 0.25) is 0 Å². The fraction of sp³-hybridized carbons (Fsp3) is 1.00. The van der Waals surface area contributed by atoms with Crippen molar-refractivity contribution in [1.82, 2.24) is 10.2 Å². The van der Waals surface area contributed by atoms with Crippen molar-refractivity contribution in [2.45, 2.75) is 76.3 Å². The summed E-state index contributed by atoms with van der Waals surface area (Å²) < 4.78 is 0. The molecular formula is C16H30N2. The van der Waals surface area contributed by atoms with Crippen LogP contribution in [0.1, 0.15) is 64.2 Å². The van der Waals surface area contributed by atoms with Crippen molar-refractivity contribution >= 4 is 0 Å². The molecule has 2 nitrogen and oxygen atoms in total. The summed E-state index contributed by atoms with van der Waals surface area (Å²) in [5.74, 6) is 0.941. The number of likely N-dealkylation sites (tertiary alicyclic amines) is 1. The Bertz CT molecular complexity index is 241. The first-order valence-electron chi connectivity index (χ1n) is 8.39. The average molecular weight is 250 g/mol. The molecule has 1 aliphatic heterocycles. The van der Waals surface area contributed by atoms with Crippen LogP contribution in [0.3, 0.4) is 0 Å². The maximum atomic E-state index is 3.72. The highest BCUT2D eigenvalue weighted by molar-refractivity contribution is 4.86. The zero-order valence-corrected chi connectivity index (χ0v) is 11.9. The molecule has 0 aromatic carbocycles. The van der Waals surface area contributed by atoms with Crippen LogP contribution in [0.25, 0.3) is 0 Å². The van der Waals surface area contributed by atoms with Crippen LogP contribution < -0.4 is 5.32 Å². The van der Waals surface area contributed by atoms with Gasteiger partial charge in [0.05, 0.1) is 0 Å². The second-order valence-corrected chi connectivity index (χ2v) is 6.83. The lowest BCUT2D eigenvalue weighted by Gasteiger charge is -2.29. The third-order valence-electron chi connectivity index (χ3n) is 5.18. The van der Waals surface area contributed by atoms with Gasteiger partial charge in [0.1, 0.15) is 0 Å². The quantitative estimate of drug-likeness (QED) is 0.824. The van der Waals surface area contributed by atoms with E-state index in [9.17, 15) is 0 Å². The van der Waals surface area contributed by atoms with E-state index in [1.807, 2.05) is 0 Å². The molecule has 3 rings (SSSR count). The van der Waals surface area contributed by atoms with Gasteiger partial charge in [-0.1, -0.05) is 32.1 Å². The summed E-state index contributed by atoms with van der Waals surface area (Å²) in [5, 5.41) is 3.72. The third kappa shape index (κ3) is 3.71. The van der Waals surface area contributed by atoms with Crippen molar-refractivity contribution in [3.8, 4) is 0 Å². The molecule has 0 radical (unpaired) electrons. The molecular weight excluding hydrogens is 220 g/mol. The lowest BCUT2D eigenvalue weighted by atomic mass is 9.96. The first-order chi connectivity index (χ1) is 8.92. The van der Waals surface area contributed by atoms with Crippen LogP contribution in [-0.4, -0.2) is 36.6 Å². The molecule has 0 aromatic heterocycles. The molecule has 1 saturated heterocycles. The molecule has 104 valence electrons. The molecule has 0 amide bonds. The minimum absolute atomic E-state index is 0.889. The molecule has 18 heavy (non-hydrogen) atoms.